The van der Waals surface area contributed by atoms with Crippen LogP contribution in [-0.4, -0.2) is 12.2 Å². The van der Waals surface area contributed by atoms with E-state index >= 15 is 0 Å². The largest absolute Gasteiger partial charge is 0.496 e. The average Bonchev–Trinajstić information content (AvgIpc) is 2.52. The van der Waals surface area contributed by atoms with Gasteiger partial charge < -0.3 is 9.84 Å². The molecule has 0 aliphatic heterocycles. The highest BCUT2D eigenvalue weighted by molar-refractivity contribution is 5.42. The first-order chi connectivity index (χ1) is 10.4. The number of aliphatic hydroxyl groups excluding tert-OH is 1. The van der Waals surface area contributed by atoms with Crippen molar-refractivity contribution in [2.24, 2.45) is 0 Å². The SMILES string of the molecule is COc1ccccc1C(O)C#Cc1ccc(C(C)(C)C)cc1. The number of aliphatic hydroxyl groups is 1. The summed E-state index contributed by atoms with van der Waals surface area (Å²) in [5, 5.41) is 10.2. The van der Waals surface area contributed by atoms with Gasteiger partial charge >= 0.3 is 0 Å². The fraction of sp³-hybridized carbons (Fsp3) is 0.300. The van der Waals surface area contributed by atoms with E-state index in [0.717, 1.165) is 5.56 Å². The van der Waals surface area contributed by atoms with Crippen LogP contribution in [0.5, 0.6) is 5.75 Å². The first-order valence-corrected chi connectivity index (χ1v) is 7.35. The van der Waals surface area contributed by atoms with Crippen LogP contribution >= 0.6 is 0 Å². The molecule has 0 aliphatic carbocycles. The lowest BCUT2D eigenvalue weighted by Gasteiger charge is -2.18. The summed E-state index contributed by atoms with van der Waals surface area (Å²) in [6, 6.07) is 15.5. The van der Waals surface area contributed by atoms with Gasteiger partial charge in [-0.1, -0.05) is 62.9 Å². The number of para-hydroxylation sites is 1. The Hall–Kier alpha value is -2.24. The van der Waals surface area contributed by atoms with Crippen molar-refractivity contribution in [3.63, 3.8) is 0 Å². The van der Waals surface area contributed by atoms with E-state index in [0.29, 0.717) is 11.3 Å². The zero-order chi connectivity index (χ0) is 16.2. The number of ether oxygens (including phenoxy) is 1. The molecule has 0 spiro atoms. The lowest BCUT2D eigenvalue weighted by molar-refractivity contribution is 0.232. The van der Waals surface area contributed by atoms with Crippen molar-refractivity contribution >= 4 is 0 Å². The molecular formula is C20H22O2. The Morgan fingerprint density at radius 1 is 1.00 bits per heavy atom. The maximum absolute atomic E-state index is 10.2. The molecule has 1 N–H and O–H groups in total. The molecule has 0 saturated heterocycles. The topological polar surface area (TPSA) is 29.5 Å². The molecule has 2 rings (SSSR count). The van der Waals surface area contributed by atoms with E-state index in [1.807, 2.05) is 36.4 Å². The van der Waals surface area contributed by atoms with Gasteiger partial charge in [0.1, 0.15) is 11.9 Å². The van der Waals surface area contributed by atoms with E-state index < -0.39 is 6.10 Å². The summed E-state index contributed by atoms with van der Waals surface area (Å²) >= 11 is 0. The Balaban J connectivity index is 2.19. The number of methoxy groups -OCH3 is 1. The van der Waals surface area contributed by atoms with Crippen LogP contribution in [0, 0.1) is 11.8 Å². The summed E-state index contributed by atoms with van der Waals surface area (Å²) in [6.45, 7) is 6.54. The lowest BCUT2D eigenvalue weighted by Crippen LogP contribution is -2.10. The summed E-state index contributed by atoms with van der Waals surface area (Å²) < 4.78 is 5.24. The summed E-state index contributed by atoms with van der Waals surface area (Å²) in [6.07, 6.45) is -0.863. The van der Waals surface area contributed by atoms with Crippen molar-refractivity contribution in [1.82, 2.24) is 0 Å². The molecule has 0 saturated carbocycles. The smallest absolute Gasteiger partial charge is 0.144 e. The predicted octanol–water partition coefficient (Wildman–Crippen LogP) is 4.08. The lowest BCUT2D eigenvalue weighted by atomic mass is 9.87. The van der Waals surface area contributed by atoms with Crippen LogP contribution in [0.4, 0.5) is 0 Å². The molecule has 1 atom stereocenters. The first kappa shape index (κ1) is 16.1. The zero-order valence-electron chi connectivity index (χ0n) is 13.6. The van der Waals surface area contributed by atoms with Crippen molar-refractivity contribution in [2.45, 2.75) is 32.3 Å². The van der Waals surface area contributed by atoms with Crippen LogP contribution in [-0.2, 0) is 5.41 Å². The van der Waals surface area contributed by atoms with E-state index in [-0.39, 0.29) is 5.41 Å². The van der Waals surface area contributed by atoms with Gasteiger partial charge in [-0.25, -0.2) is 0 Å². The van der Waals surface area contributed by atoms with E-state index in [1.165, 1.54) is 5.56 Å². The van der Waals surface area contributed by atoms with Gasteiger partial charge in [0, 0.05) is 11.1 Å². The fourth-order valence-corrected chi connectivity index (χ4v) is 2.18. The standard InChI is InChI=1S/C20H22O2/c1-20(2,3)16-12-9-15(10-13-16)11-14-18(21)17-7-5-6-8-19(17)22-4/h5-10,12-13,18,21H,1-4H3. The Morgan fingerprint density at radius 2 is 1.64 bits per heavy atom. The molecule has 0 aromatic heterocycles. The Kier molecular flexibility index (Phi) is 4.90. The van der Waals surface area contributed by atoms with Gasteiger partial charge in [-0.3, -0.25) is 0 Å². The molecule has 2 nitrogen and oxygen atoms in total. The molecule has 22 heavy (non-hydrogen) atoms. The van der Waals surface area contributed by atoms with Gasteiger partial charge in [-0.2, -0.15) is 0 Å². The van der Waals surface area contributed by atoms with E-state index in [9.17, 15) is 5.11 Å². The molecule has 114 valence electrons. The average molecular weight is 294 g/mol. The third-order valence-electron chi connectivity index (χ3n) is 3.54. The fourth-order valence-electron chi connectivity index (χ4n) is 2.18. The third kappa shape index (κ3) is 3.90. The minimum Gasteiger partial charge on any atom is -0.496 e. The van der Waals surface area contributed by atoms with Gasteiger partial charge in [0.05, 0.1) is 7.11 Å². The first-order valence-electron chi connectivity index (χ1n) is 7.35. The highest BCUT2D eigenvalue weighted by Gasteiger charge is 2.12. The van der Waals surface area contributed by atoms with Gasteiger partial charge in [0.15, 0.2) is 0 Å². The van der Waals surface area contributed by atoms with Crippen LogP contribution in [0.25, 0.3) is 0 Å². The number of rotatable bonds is 2. The summed E-state index contributed by atoms with van der Waals surface area (Å²) in [5.74, 6) is 6.54. The summed E-state index contributed by atoms with van der Waals surface area (Å²) in [7, 11) is 1.59. The number of hydrogen-bond acceptors (Lipinski definition) is 2. The molecule has 1 unspecified atom stereocenters. The molecule has 2 aromatic carbocycles. The van der Waals surface area contributed by atoms with Crippen LogP contribution in [0.2, 0.25) is 0 Å². The van der Waals surface area contributed by atoms with Crippen LogP contribution in [0.3, 0.4) is 0 Å². The third-order valence-corrected chi connectivity index (χ3v) is 3.54. The van der Waals surface area contributed by atoms with E-state index in [4.69, 9.17) is 4.74 Å². The second-order valence-electron chi connectivity index (χ2n) is 6.24. The Labute approximate surface area is 132 Å². The predicted molar refractivity (Wildman–Crippen MR) is 90.0 cm³/mol. The van der Waals surface area contributed by atoms with Crippen molar-refractivity contribution in [2.75, 3.05) is 7.11 Å². The molecule has 0 heterocycles. The highest BCUT2D eigenvalue weighted by atomic mass is 16.5. The second kappa shape index (κ2) is 6.68. The van der Waals surface area contributed by atoms with Crippen LogP contribution in [0.1, 0.15) is 43.6 Å². The molecule has 0 fully saturated rings. The van der Waals surface area contributed by atoms with Gasteiger partial charge in [0.25, 0.3) is 0 Å². The molecular weight excluding hydrogens is 272 g/mol. The highest BCUT2D eigenvalue weighted by Crippen LogP contribution is 2.24. The summed E-state index contributed by atoms with van der Waals surface area (Å²) in [5.41, 5.74) is 2.97. The second-order valence-corrected chi connectivity index (χ2v) is 6.24. The Bertz CT molecular complexity index is 682. The van der Waals surface area contributed by atoms with Crippen molar-refractivity contribution < 1.29 is 9.84 Å². The minimum absolute atomic E-state index is 0.128. The van der Waals surface area contributed by atoms with Crippen LogP contribution < -0.4 is 4.74 Å². The summed E-state index contributed by atoms with van der Waals surface area (Å²) in [4.78, 5) is 0. The quantitative estimate of drug-likeness (QED) is 0.846. The van der Waals surface area contributed by atoms with Gasteiger partial charge in [-0.05, 0) is 29.2 Å². The molecule has 0 aliphatic rings. The van der Waals surface area contributed by atoms with Crippen molar-refractivity contribution in [3.8, 4) is 17.6 Å². The van der Waals surface area contributed by atoms with Gasteiger partial charge in [-0.15, -0.1) is 0 Å². The number of hydrogen-bond donors (Lipinski definition) is 1. The molecule has 0 amide bonds. The molecule has 2 heteroatoms. The molecule has 0 bridgehead atoms. The normalized spacial score (nSPS) is 12.2. The minimum atomic E-state index is -0.863. The zero-order valence-corrected chi connectivity index (χ0v) is 13.6. The molecule has 2 aromatic rings. The van der Waals surface area contributed by atoms with Crippen molar-refractivity contribution in [3.05, 3.63) is 65.2 Å². The monoisotopic (exact) mass is 294 g/mol. The van der Waals surface area contributed by atoms with Crippen molar-refractivity contribution in [1.29, 1.82) is 0 Å². The van der Waals surface area contributed by atoms with Gasteiger partial charge in [0.2, 0.25) is 0 Å². The van der Waals surface area contributed by atoms with E-state index in [2.05, 4.69) is 44.7 Å². The van der Waals surface area contributed by atoms with E-state index in [1.54, 1.807) is 7.11 Å². The number of benzene rings is 2. The maximum Gasteiger partial charge on any atom is 0.144 e. The van der Waals surface area contributed by atoms with Crippen LogP contribution in [0.15, 0.2) is 48.5 Å². The Morgan fingerprint density at radius 3 is 2.23 bits per heavy atom. The molecule has 0 radical (unpaired) electrons. The maximum atomic E-state index is 10.2.